The predicted molar refractivity (Wildman–Crippen MR) is 237 cm³/mol. The molecule has 1 atom stereocenters. The van der Waals surface area contributed by atoms with E-state index in [1.165, 1.54) is 0 Å². The Morgan fingerprint density at radius 3 is 1.13 bits per heavy atom. The minimum Gasteiger partial charge on any atom is -0.508 e. The van der Waals surface area contributed by atoms with Crippen LogP contribution in [-0.4, -0.2) is 143 Å². The molecule has 15 heteroatoms. The lowest BCUT2D eigenvalue weighted by Crippen LogP contribution is -2.54. The monoisotopic (exact) mass is 872 g/mol. The Bertz CT molecular complexity index is 1700. The molecule has 0 aliphatic carbocycles. The van der Waals surface area contributed by atoms with Crippen LogP contribution in [-0.2, 0) is 47.7 Å². The molecule has 348 valence electrons. The third-order valence-electron chi connectivity index (χ3n) is 8.04. The van der Waals surface area contributed by atoms with Crippen LogP contribution in [0.4, 0.5) is 0 Å². The molecule has 0 spiro atoms. The zero-order chi connectivity index (χ0) is 47.3. The van der Waals surface area contributed by atoms with E-state index < -0.39 is 63.9 Å². The lowest BCUT2D eigenvalue weighted by atomic mass is 10.1. The Hall–Kier alpha value is -4.73. The topological polar surface area (TPSA) is 171 Å². The van der Waals surface area contributed by atoms with Crippen molar-refractivity contribution in [2.24, 2.45) is 0 Å². The van der Waals surface area contributed by atoms with Crippen LogP contribution in [0.25, 0.3) is 11.1 Å². The number of aromatic hydroxyl groups is 1. The van der Waals surface area contributed by atoms with Crippen LogP contribution in [0.3, 0.4) is 0 Å². The molecule has 0 saturated carbocycles. The summed E-state index contributed by atoms with van der Waals surface area (Å²) in [7, 11) is 0. The van der Waals surface area contributed by atoms with Crippen LogP contribution in [0.5, 0.6) is 11.5 Å². The largest absolute Gasteiger partial charge is 0.508 e. The van der Waals surface area contributed by atoms with E-state index in [0.29, 0.717) is 5.75 Å². The first-order chi connectivity index (χ1) is 28.2. The second kappa shape index (κ2) is 22.6. The third-order valence-corrected chi connectivity index (χ3v) is 8.04. The Labute approximate surface area is 369 Å². The summed E-state index contributed by atoms with van der Waals surface area (Å²) in [4.78, 5) is 71.7. The number of hydrogen-bond acceptors (Lipinski definition) is 15. The van der Waals surface area contributed by atoms with Crippen molar-refractivity contribution in [1.82, 2.24) is 14.7 Å². The van der Waals surface area contributed by atoms with Gasteiger partial charge in [-0.15, -0.1) is 0 Å². The molecular weight excluding hydrogens is 799 g/mol. The van der Waals surface area contributed by atoms with Crippen molar-refractivity contribution >= 4 is 29.8 Å². The number of carbonyl (C=O) groups excluding carboxylic acids is 5. The Balaban J connectivity index is 2.62. The average Bonchev–Trinajstić information content (AvgIpc) is 3.05. The number of esters is 5. The van der Waals surface area contributed by atoms with Crippen LogP contribution in [0.1, 0.15) is 104 Å². The predicted octanol–water partition coefficient (Wildman–Crippen LogP) is 6.42. The summed E-state index contributed by atoms with van der Waals surface area (Å²) >= 11 is 0. The molecule has 0 saturated heterocycles. The fourth-order valence-electron chi connectivity index (χ4n) is 5.96. The smallest absolute Gasteiger partial charge is 0.320 e. The van der Waals surface area contributed by atoms with Crippen LogP contribution in [0.2, 0.25) is 0 Å². The number of carbonyl (C=O) groups is 5. The number of hydrogen-bond donors (Lipinski definition) is 1. The second-order valence-corrected chi connectivity index (χ2v) is 20.3. The summed E-state index contributed by atoms with van der Waals surface area (Å²) in [6.07, 6.45) is 0. The van der Waals surface area contributed by atoms with Gasteiger partial charge < -0.3 is 33.5 Å². The maximum absolute atomic E-state index is 13.5. The highest BCUT2D eigenvalue weighted by Crippen LogP contribution is 2.25. The summed E-state index contributed by atoms with van der Waals surface area (Å²) in [6, 6.07) is 13.4. The molecule has 0 amide bonds. The Morgan fingerprint density at radius 1 is 0.468 bits per heavy atom. The van der Waals surface area contributed by atoms with E-state index in [1.54, 1.807) is 155 Å². The summed E-state index contributed by atoms with van der Waals surface area (Å²) in [5.41, 5.74) is -2.24. The van der Waals surface area contributed by atoms with Gasteiger partial charge in [0.2, 0.25) is 0 Å². The van der Waals surface area contributed by atoms with Gasteiger partial charge in [0.15, 0.2) is 0 Å². The lowest BCUT2D eigenvalue weighted by molar-refractivity contribution is -0.163. The van der Waals surface area contributed by atoms with Gasteiger partial charge in [0.05, 0.1) is 38.8 Å². The van der Waals surface area contributed by atoms with Gasteiger partial charge in [-0.2, -0.15) is 0 Å². The molecule has 0 heterocycles. The van der Waals surface area contributed by atoms with Crippen molar-refractivity contribution in [2.45, 2.75) is 138 Å². The maximum atomic E-state index is 13.5. The molecular formula is C47H73N3O12. The van der Waals surface area contributed by atoms with E-state index in [0.717, 1.165) is 11.1 Å². The number of phenols is 1. The van der Waals surface area contributed by atoms with Gasteiger partial charge in [-0.05, 0) is 139 Å². The molecule has 0 aliphatic rings. The minimum atomic E-state index is -0.825. The second-order valence-electron chi connectivity index (χ2n) is 20.3. The van der Waals surface area contributed by atoms with Crippen molar-refractivity contribution < 1.29 is 57.5 Å². The quantitative estimate of drug-likeness (QED) is 0.114. The number of rotatable bonds is 20. The molecule has 0 radical (unpaired) electrons. The molecule has 0 aliphatic heterocycles. The van der Waals surface area contributed by atoms with Crippen molar-refractivity contribution in [3.05, 3.63) is 48.5 Å². The van der Waals surface area contributed by atoms with Gasteiger partial charge in [-0.25, -0.2) is 0 Å². The highest BCUT2D eigenvalue weighted by Gasteiger charge is 2.32. The number of nitrogens with zero attached hydrogens (tertiary/aromatic N) is 3. The molecule has 0 bridgehead atoms. The van der Waals surface area contributed by atoms with Crippen LogP contribution in [0.15, 0.2) is 48.5 Å². The summed E-state index contributed by atoms with van der Waals surface area (Å²) in [5, 5.41) is 9.75. The molecule has 62 heavy (non-hydrogen) atoms. The van der Waals surface area contributed by atoms with Gasteiger partial charge in [0.1, 0.15) is 46.1 Å². The van der Waals surface area contributed by atoms with Crippen molar-refractivity contribution in [1.29, 1.82) is 0 Å². The Kier molecular flexibility index (Phi) is 19.4. The summed E-state index contributed by atoms with van der Waals surface area (Å²) in [5.74, 6) is -2.19. The molecule has 1 N–H and O–H groups in total. The van der Waals surface area contributed by atoms with Gasteiger partial charge in [-0.3, -0.25) is 38.7 Å². The van der Waals surface area contributed by atoms with Crippen LogP contribution in [0, 0.1) is 0 Å². The first-order valence-corrected chi connectivity index (χ1v) is 21.0. The molecule has 0 unspecified atom stereocenters. The van der Waals surface area contributed by atoms with Crippen molar-refractivity contribution in [2.75, 3.05) is 59.0 Å². The van der Waals surface area contributed by atoms with E-state index in [4.69, 9.17) is 28.4 Å². The van der Waals surface area contributed by atoms with E-state index in [1.807, 2.05) is 12.1 Å². The fourth-order valence-corrected chi connectivity index (χ4v) is 5.96. The SMILES string of the molecule is CC(C)(C)OC(=O)CN(CCN(CC(=O)OC(C)(C)C)C[C@H](COc1ccc(-c2ccc(O)cc2)cc1)N(CC(=O)OC(C)(C)C)CC(=O)OC(C)(C)C)CC(=O)OC(C)(C)C. The van der Waals surface area contributed by atoms with Crippen LogP contribution >= 0.6 is 0 Å². The van der Waals surface area contributed by atoms with Gasteiger partial charge in [0.25, 0.3) is 0 Å². The van der Waals surface area contributed by atoms with Gasteiger partial charge >= 0.3 is 29.8 Å². The minimum absolute atomic E-state index is 0.0448. The van der Waals surface area contributed by atoms with E-state index >= 15 is 0 Å². The molecule has 0 aromatic heterocycles. The molecule has 2 rings (SSSR count). The fraction of sp³-hybridized carbons (Fsp3) is 0.638. The highest BCUT2D eigenvalue weighted by molar-refractivity contribution is 5.76. The first-order valence-electron chi connectivity index (χ1n) is 21.0. The van der Waals surface area contributed by atoms with E-state index in [-0.39, 0.29) is 64.7 Å². The third kappa shape index (κ3) is 24.1. The highest BCUT2D eigenvalue weighted by atomic mass is 16.6. The first kappa shape index (κ1) is 53.4. The maximum Gasteiger partial charge on any atom is 0.320 e. The number of benzene rings is 2. The zero-order valence-electron chi connectivity index (χ0n) is 39.8. The molecule has 15 nitrogen and oxygen atoms in total. The summed E-state index contributed by atoms with van der Waals surface area (Å²) in [6.45, 7) is 25.1. The van der Waals surface area contributed by atoms with Crippen molar-refractivity contribution in [3.63, 3.8) is 0 Å². The standard InChI is InChI=1S/C47H73N3O12/c1-43(2,3)58-38(52)27-48(24-25-49(28-39(53)59-44(4,5)6)29-40(54)60-45(7,8)9)26-35(32-57-37-22-18-34(19-23-37)33-16-20-36(51)21-17-33)50(30-41(55)61-46(10,11)12)31-42(56)62-47(13,14)15/h16-23,35,51H,24-32H2,1-15H3/t35-/m1/s1. The molecule has 2 aromatic carbocycles. The van der Waals surface area contributed by atoms with Gasteiger partial charge in [0, 0.05) is 19.6 Å². The lowest BCUT2D eigenvalue weighted by Gasteiger charge is -2.36. The van der Waals surface area contributed by atoms with E-state index in [9.17, 15) is 29.1 Å². The number of phenolic OH excluding ortho intramolecular Hbond substituents is 1. The molecule has 2 aromatic rings. The van der Waals surface area contributed by atoms with Crippen molar-refractivity contribution in [3.8, 4) is 22.6 Å². The number of ether oxygens (including phenoxy) is 6. The van der Waals surface area contributed by atoms with E-state index in [2.05, 4.69) is 0 Å². The van der Waals surface area contributed by atoms with Crippen LogP contribution < -0.4 is 4.74 Å². The zero-order valence-corrected chi connectivity index (χ0v) is 39.8. The molecule has 0 fully saturated rings. The average molecular weight is 872 g/mol. The normalized spacial score (nSPS) is 13.1. The Morgan fingerprint density at radius 2 is 0.774 bits per heavy atom. The summed E-state index contributed by atoms with van der Waals surface area (Å²) < 4.78 is 34.7. The van der Waals surface area contributed by atoms with Gasteiger partial charge in [-0.1, -0.05) is 24.3 Å².